The van der Waals surface area contributed by atoms with Gasteiger partial charge in [-0.1, -0.05) is 12.8 Å². The lowest BCUT2D eigenvalue weighted by Gasteiger charge is -2.14. The first-order valence-corrected chi connectivity index (χ1v) is 5.18. The Bertz CT molecular complexity index is 117. The molecule has 0 aromatic carbocycles. The summed E-state index contributed by atoms with van der Waals surface area (Å²) in [5.41, 5.74) is 0. The highest BCUT2D eigenvalue weighted by Crippen LogP contribution is 2.31. The SMILES string of the molecule is COCC(CCl)NCCC1CC1. The molecule has 0 saturated heterocycles. The van der Waals surface area contributed by atoms with Crippen LogP contribution in [-0.2, 0) is 4.74 Å². The maximum Gasteiger partial charge on any atom is 0.0627 e. The van der Waals surface area contributed by atoms with Crippen LogP contribution in [0, 0.1) is 5.92 Å². The fourth-order valence-electron chi connectivity index (χ4n) is 1.26. The first-order chi connectivity index (χ1) is 5.86. The van der Waals surface area contributed by atoms with Gasteiger partial charge in [0, 0.05) is 19.0 Å². The summed E-state index contributed by atoms with van der Waals surface area (Å²) >= 11 is 5.73. The van der Waals surface area contributed by atoms with Crippen LogP contribution in [-0.4, -0.2) is 32.2 Å². The highest BCUT2D eigenvalue weighted by Gasteiger charge is 2.20. The predicted octanol–water partition coefficient (Wildman–Crippen LogP) is 1.63. The third-order valence-electron chi connectivity index (χ3n) is 2.24. The van der Waals surface area contributed by atoms with Crippen LogP contribution < -0.4 is 5.32 Å². The normalized spacial score (nSPS) is 19.5. The van der Waals surface area contributed by atoms with Crippen molar-refractivity contribution in [1.29, 1.82) is 0 Å². The fraction of sp³-hybridized carbons (Fsp3) is 1.00. The molecule has 0 radical (unpaired) electrons. The molecule has 0 heterocycles. The van der Waals surface area contributed by atoms with Crippen LogP contribution in [0.3, 0.4) is 0 Å². The molecule has 0 amide bonds. The zero-order valence-electron chi connectivity index (χ0n) is 7.68. The van der Waals surface area contributed by atoms with Gasteiger partial charge < -0.3 is 10.1 Å². The molecule has 1 saturated carbocycles. The molecule has 72 valence electrons. The fourth-order valence-corrected chi connectivity index (χ4v) is 1.46. The molecule has 0 aromatic heterocycles. The van der Waals surface area contributed by atoms with Crippen LogP contribution in [0.25, 0.3) is 0 Å². The third-order valence-corrected chi connectivity index (χ3v) is 2.61. The van der Waals surface area contributed by atoms with Crippen molar-refractivity contribution in [3.8, 4) is 0 Å². The Kier molecular flexibility index (Phi) is 4.96. The maximum atomic E-state index is 5.73. The molecule has 2 nitrogen and oxygen atoms in total. The standard InChI is InChI=1S/C9H18ClNO/c1-12-7-9(6-10)11-5-4-8-2-3-8/h8-9,11H,2-7H2,1H3. The average molecular weight is 192 g/mol. The number of alkyl halides is 1. The van der Waals surface area contributed by atoms with Crippen LogP contribution in [0.5, 0.6) is 0 Å². The van der Waals surface area contributed by atoms with Gasteiger partial charge in [-0.25, -0.2) is 0 Å². The van der Waals surface area contributed by atoms with E-state index in [1.807, 2.05) is 0 Å². The molecule has 0 aromatic rings. The highest BCUT2D eigenvalue weighted by atomic mass is 35.5. The van der Waals surface area contributed by atoms with Gasteiger partial charge in [-0.05, 0) is 18.9 Å². The molecule has 1 fully saturated rings. The Morgan fingerprint density at radius 2 is 2.33 bits per heavy atom. The molecule has 12 heavy (non-hydrogen) atoms. The minimum atomic E-state index is 0.329. The third kappa shape index (κ3) is 4.29. The molecule has 1 unspecified atom stereocenters. The lowest BCUT2D eigenvalue weighted by atomic mass is 10.2. The number of halogens is 1. The molecule has 1 aliphatic rings. The van der Waals surface area contributed by atoms with Gasteiger partial charge in [-0.3, -0.25) is 0 Å². The molecule has 1 aliphatic carbocycles. The number of hydrogen-bond acceptors (Lipinski definition) is 2. The summed E-state index contributed by atoms with van der Waals surface area (Å²) in [6, 6.07) is 0.329. The van der Waals surface area contributed by atoms with E-state index in [-0.39, 0.29) is 0 Å². The van der Waals surface area contributed by atoms with Crippen LogP contribution in [0.15, 0.2) is 0 Å². The van der Waals surface area contributed by atoms with Crippen LogP contribution in [0.4, 0.5) is 0 Å². The van der Waals surface area contributed by atoms with Gasteiger partial charge in [0.25, 0.3) is 0 Å². The average Bonchev–Trinajstić information content (AvgIpc) is 2.87. The van der Waals surface area contributed by atoms with Gasteiger partial charge in [0.15, 0.2) is 0 Å². The second-order valence-corrected chi connectivity index (χ2v) is 3.80. The maximum absolute atomic E-state index is 5.73. The molecular weight excluding hydrogens is 174 g/mol. The van der Waals surface area contributed by atoms with Crippen LogP contribution in [0.2, 0.25) is 0 Å². The zero-order chi connectivity index (χ0) is 8.81. The lowest BCUT2D eigenvalue weighted by molar-refractivity contribution is 0.173. The van der Waals surface area contributed by atoms with E-state index < -0.39 is 0 Å². The lowest BCUT2D eigenvalue weighted by Crippen LogP contribution is -2.35. The van der Waals surface area contributed by atoms with Crippen molar-refractivity contribution in [3.63, 3.8) is 0 Å². The van der Waals surface area contributed by atoms with Crippen molar-refractivity contribution in [2.45, 2.75) is 25.3 Å². The smallest absolute Gasteiger partial charge is 0.0627 e. The summed E-state index contributed by atoms with van der Waals surface area (Å²) in [5, 5.41) is 3.38. The molecule has 0 spiro atoms. The zero-order valence-corrected chi connectivity index (χ0v) is 8.44. The quantitative estimate of drug-likeness (QED) is 0.618. The van der Waals surface area contributed by atoms with Gasteiger partial charge in [0.05, 0.1) is 6.61 Å². The molecule has 1 rings (SSSR count). The van der Waals surface area contributed by atoms with Gasteiger partial charge in [0.2, 0.25) is 0 Å². The Balaban J connectivity index is 1.93. The number of hydrogen-bond donors (Lipinski definition) is 1. The number of nitrogens with one attached hydrogen (secondary N) is 1. The van der Waals surface area contributed by atoms with Gasteiger partial charge in [0.1, 0.15) is 0 Å². The Morgan fingerprint density at radius 1 is 1.58 bits per heavy atom. The molecule has 3 heteroatoms. The van der Waals surface area contributed by atoms with Gasteiger partial charge in [-0.2, -0.15) is 0 Å². The van der Waals surface area contributed by atoms with E-state index in [0.717, 1.165) is 12.5 Å². The van der Waals surface area contributed by atoms with Gasteiger partial charge >= 0.3 is 0 Å². The Labute approximate surface area is 79.6 Å². The Hall–Kier alpha value is 0.210. The first kappa shape index (κ1) is 10.3. The molecule has 0 aliphatic heterocycles. The summed E-state index contributed by atoms with van der Waals surface area (Å²) in [6.45, 7) is 1.81. The van der Waals surface area contributed by atoms with E-state index in [2.05, 4.69) is 5.32 Å². The minimum absolute atomic E-state index is 0.329. The minimum Gasteiger partial charge on any atom is -0.383 e. The largest absolute Gasteiger partial charge is 0.383 e. The van der Waals surface area contributed by atoms with Crippen molar-refractivity contribution in [1.82, 2.24) is 5.32 Å². The molecule has 1 atom stereocenters. The molecule has 0 bridgehead atoms. The first-order valence-electron chi connectivity index (χ1n) is 4.65. The number of rotatable bonds is 7. The number of ether oxygens (including phenoxy) is 1. The summed E-state index contributed by atoms with van der Waals surface area (Å²) in [5.74, 6) is 1.63. The summed E-state index contributed by atoms with van der Waals surface area (Å²) < 4.78 is 5.02. The van der Waals surface area contributed by atoms with Crippen LogP contribution in [0.1, 0.15) is 19.3 Å². The van der Waals surface area contributed by atoms with E-state index in [0.29, 0.717) is 18.5 Å². The van der Waals surface area contributed by atoms with Crippen molar-refractivity contribution in [2.75, 3.05) is 26.1 Å². The summed E-state index contributed by atoms with van der Waals surface area (Å²) in [6.07, 6.45) is 4.16. The predicted molar refractivity (Wildman–Crippen MR) is 51.7 cm³/mol. The van der Waals surface area contributed by atoms with Crippen molar-refractivity contribution < 1.29 is 4.74 Å². The van der Waals surface area contributed by atoms with E-state index in [9.17, 15) is 0 Å². The number of methoxy groups -OCH3 is 1. The Morgan fingerprint density at radius 3 is 2.83 bits per heavy atom. The van der Waals surface area contributed by atoms with E-state index in [1.165, 1.54) is 19.3 Å². The van der Waals surface area contributed by atoms with E-state index >= 15 is 0 Å². The molecule has 1 N–H and O–H groups in total. The van der Waals surface area contributed by atoms with E-state index in [1.54, 1.807) is 7.11 Å². The summed E-state index contributed by atoms with van der Waals surface area (Å²) in [7, 11) is 1.71. The topological polar surface area (TPSA) is 21.3 Å². The second kappa shape index (κ2) is 5.79. The molecular formula is C9H18ClNO. The highest BCUT2D eigenvalue weighted by molar-refractivity contribution is 6.18. The van der Waals surface area contributed by atoms with Gasteiger partial charge in [-0.15, -0.1) is 11.6 Å². The van der Waals surface area contributed by atoms with Crippen molar-refractivity contribution in [2.24, 2.45) is 5.92 Å². The van der Waals surface area contributed by atoms with Crippen LogP contribution >= 0.6 is 11.6 Å². The summed E-state index contributed by atoms with van der Waals surface area (Å²) in [4.78, 5) is 0. The second-order valence-electron chi connectivity index (χ2n) is 3.49. The van der Waals surface area contributed by atoms with Crippen molar-refractivity contribution >= 4 is 11.6 Å². The van der Waals surface area contributed by atoms with E-state index in [4.69, 9.17) is 16.3 Å². The monoisotopic (exact) mass is 191 g/mol. The van der Waals surface area contributed by atoms with Crippen molar-refractivity contribution in [3.05, 3.63) is 0 Å².